The second kappa shape index (κ2) is 5.68. The summed E-state index contributed by atoms with van der Waals surface area (Å²) in [6.45, 7) is 3.36. The highest BCUT2D eigenvalue weighted by atomic mass is 35.5. The van der Waals surface area contributed by atoms with E-state index in [4.69, 9.17) is 5.73 Å². The van der Waals surface area contributed by atoms with E-state index in [0.29, 0.717) is 5.69 Å². The van der Waals surface area contributed by atoms with Gasteiger partial charge in [0.25, 0.3) is 0 Å². The highest BCUT2D eigenvalue weighted by Gasteiger charge is 2.09. The van der Waals surface area contributed by atoms with Gasteiger partial charge in [-0.3, -0.25) is 4.79 Å². The second-order valence-corrected chi connectivity index (χ2v) is 3.24. The molecule has 1 amide bonds. The molecule has 0 aromatic heterocycles. The van der Waals surface area contributed by atoms with Crippen LogP contribution in [0.2, 0.25) is 0 Å². The number of carbonyl (C=O) groups excluding carboxylic acids is 1. The molecule has 5 heteroatoms. The van der Waals surface area contributed by atoms with Gasteiger partial charge < -0.3 is 11.1 Å². The number of carbonyl (C=O) groups is 1. The van der Waals surface area contributed by atoms with Gasteiger partial charge in [-0.05, 0) is 31.5 Å². The summed E-state index contributed by atoms with van der Waals surface area (Å²) in [5.41, 5.74) is 6.64. The SMILES string of the molecule is Cc1ccc(F)cc1NC(=O)[C@H](C)N.Cl. The van der Waals surface area contributed by atoms with E-state index in [1.54, 1.807) is 19.9 Å². The smallest absolute Gasteiger partial charge is 0.241 e. The summed E-state index contributed by atoms with van der Waals surface area (Å²) in [6.07, 6.45) is 0. The molecular weight excluding hydrogens is 219 g/mol. The fourth-order valence-corrected chi connectivity index (χ4v) is 0.975. The zero-order valence-electron chi connectivity index (χ0n) is 8.58. The zero-order valence-corrected chi connectivity index (χ0v) is 9.40. The average molecular weight is 233 g/mol. The third-order valence-corrected chi connectivity index (χ3v) is 1.87. The van der Waals surface area contributed by atoms with E-state index < -0.39 is 6.04 Å². The molecule has 0 saturated carbocycles. The van der Waals surface area contributed by atoms with Gasteiger partial charge in [0.15, 0.2) is 0 Å². The minimum absolute atomic E-state index is 0. The zero-order chi connectivity index (χ0) is 10.7. The summed E-state index contributed by atoms with van der Waals surface area (Å²) >= 11 is 0. The number of anilines is 1. The van der Waals surface area contributed by atoms with Gasteiger partial charge in [-0.1, -0.05) is 6.07 Å². The molecule has 1 aromatic rings. The molecule has 0 spiro atoms. The van der Waals surface area contributed by atoms with Crippen molar-refractivity contribution >= 4 is 24.0 Å². The molecule has 0 heterocycles. The minimum Gasteiger partial charge on any atom is -0.324 e. The van der Waals surface area contributed by atoms with Crippen LogP contribution in [0.15, 0.2) is 18.2 Å². The average Bonchev–Trinajstić information content (AvgIpc) is 2.11. The fraction of sp³-hybridized carbons (Fsp3) is 0.300. The van der Waals surface area contributed by atoms with Gasteiger partial charge in [-0.25, -0.2) is 4.39 Å². The van der Waals surface area contributed by atoms with Crippen LogP contribution < -0.4 is 11.1 Å². The summed E-state index contributed by atoms with van der Waals surface area (Å²) in [6, 6.07) is 3.62. The fourth-order valence-electron chi connectivity index (χ4n) is 0.975. The van der Waals surface area contributed by atoms with Crippen LogP contribution in [0, 0.1) is 12.7 Å². The van der Waals surface area contributed by atoms with Crippen molar-refractivity contribution in [3.63, 3.8) is 0 Å². The lowest BCUT2D eigenvalue weighted by molar-refractivity contribution is -0.117. The first kappa shape index (κ1) is 13.9. The van der Waals surface area contributed by atoms with Crippen molar-refractivity contribution < 1.29 is 9.18 Å². The Morgan fingerprint density at radius 1 is 1.53 bits per heavy atom. The van der Waals surface area contributed by atoms with Gasteiger partial charge in [0.1, 0.15) is 5.82 Å². The molecule has 0 bridgehead atoms. The lowest BCUT2D eigenvalue weighted by atomic mass is 10.2. The molecule has 0 aliphatic heterocycles. The van der Waals surface area contributed by atoms with Crippen LogP contribution in [0.3, 0.4) is 0 Å². The molecule has 0 saturated heterocycles. The lowest BCUT2D eigenvalue weighted by Crippen LogP contribution is -2.32. The van der Waals surface area contributed by atoms with E-state index >= 15 is 0 Å². The molecule has 84 valence electrons. The van der Waals surface area contributed by atoms with E-state index in [2.05, 4.69) is 5.32 Å². The Bertz CT molecular complexity index is 355. The quantitative estimate of drug-likeness (QED) is 0.818. The summed E-state index contributed by atoms with van der Waals surface area (Å²) in [5, 5.41) is 2.55. The van der Waals surface area contributed by atoms with Crippen LogP contribution in [0.5, 0.6) is 0 Å². The van der Waals surface area contributed by atoms with E-state index in [-0.39, 0.29) is 24.1 Å². The molecule has 0 unspecified atom stereocenters. The van der Waals surface area contributed by atoms with Crippen LogP contribution in [0.4, 0.5) is 10.1 Å². The molecule has 3 N–H and O–H groups in total. The van der Waals surface area contributed by atoms with Crippen LogP contribution in [-0.2, 0) is 4.79 Å². The highest BCUT2D eigenvalue weighted by Crippen LogP contribution is 2.15. The summed E-state index contributed by atoms with van der Waals surface area (Å²) in [4.78, 5) is 11.2. The Balaban J connectivity index is 0.00000196. The van der Waals surface area contributed by atoms with Crippen molar-refractivity contribution in [2.75, 3.05) is 5.32 Å². The Kier molecular flexibility index (Phi) is 5.25. The first-order valence-electron chi connectivity index (χ1n) is 4.33. The van der Waals surface area contributed by atoms with Gasteiger partial charge in [0, 0.05) is 5.69 Å². The van der Waals surface area contributed by atoms with Crippen LogP contribution in [0.1, 0.15) is 12.5 Å². The largest absolute Gasteiger partial charge is 0.324 e. The number of halogens is 2. The number of hydrogen-bond acceptors (Lipinski definition) is 2. The number of benzene rings is 1. The molecule has 1 rings (SSSR count). The highest BCUT2D eigenvalue weighted by molar-refractivity contribution is 5.94. The van der Waals surface area contributed by atoms with Crippen LogP contribution >= 0.6 is 12.4 Å². The van der Waals surface area contributed by atoms with E-state index in [1.807, 2.05) is 0 Å². The van der Waals surface area contributed by atoms with Gasteiger partial charge in [-0.2, -0.15) is 0 Å². The molecule has 3 nitrogen and oxygen atoms in total. The topological polar surface area (TPSA) is 55.1 Å². The number of nitrogens with two attached hydrogens (primary N) is 1. The van der Waals surface area contributed by atoms with Crippen molar-refractivity contribution in [1.82, 2.24) is 0 Å². The molecule has 0 aliphatic rings. The molecule has 15 heavy (non-hydrogen) atoms. The van der Waals surface area contributed by atoms with Crippen molar-refractivity contribution in [2.45, 2.75) is 19.9 Å². The first-order chi connectivity index (χ1) is 6.50. The lowest BCUT2D eigenvalue weighted by Gasteiger charge is -2.10. The monoisotopic (exact) mass is 232 g/mol. The summed E-state index contributed by atoms with van der Waals surface area (Å²) in [7, 11) is 0. The van der Waals surface area contributed by atoms with Crippen LogP contribution in [-0.4, -0.2) is 11.9 Å². The van der Waals surface area contributed by atoms with Crippen molar-refractivity contribution in [2.24, 2.45) is 5.73 Å². The first-order valence-corrected chi connectivity index (χ1v) is 4.33. The number of nitrogens with one attached hydrogen (secondary N) is 1. The minimum atomic E-state index is -0.599. The van der Waals surface area contributed by atoms with Gasteiger partial charge >= 0.3 is 0 Å². The Morgan fingerprint density at radius 3 is 2.67 bits per heavy atom. The number of amides is 1. The van der Waals surface area contributed by atoms with Gasteiger partial charge in [-0.15, -0.1) is 12.4 Å². The number of rotatable bonds is 2. The van der Waals surface area contributed by atoms with E-state index in [1.165, 1.54) is 12.1 Å². The number of aryl methyl sites for hydroxylation is 1. The molecule has 1 atom stereocenters. The second-order valence-electron chi connectivity index (χ2n) is 3.24. The maximum Gasteiger partial charge on any atom is 0.241 e. The standard InChI is InChI=1S/C10H13FN2O.ClH/c1-6-3-4-8(11)5-9(6)13-10(14)7(2)12;/h3-5,7H,12H2,1-2H3,(H,13,14);1H/t7-;/m0./s1. The van der Waals surface area contributed by atoms with E-state index in [0.717, 1.165) is 5.56 Å². The maximum absolute atomic E-state index is 12.8. The summed E-state index contributed by atoms with van der Waals surface area (Å²) < 4.78 is 12.8. The van der Waals surface area contributed by atoms with Crippen molar-refractivity contribution in [3.8, 4) is 0 Å². The third kappa shape index (κ3) is 3.85. The van der Waals surface area contributed by atoms with Crippen molar-refractivity contribution in [3.05, 3.63) is 29.6 Å². The van der Waals surface area contributed by atoms with Gasteiger partial charge in [0.05, 0.1) is 6.04 Å². The predicted molar refractivity (Wildman–Crippen MR) is 60.7 cm³/mol. The maximum atomic E-state index is 12.8. The Labute approximate surface area is 94.3 Å². The van der Waals surface area contributed by atoms with Gasteiger partial charge in [0.2, 0.25) is 5.91 Å². The van der Waals surface area contributed by atoms with Crippen molar-refractivity contribution in [1.29, 1.82) is 0 Å². The molecular formula is C10H14ClFN2O. The molecule has 0 aliphatic carbocycles. The van der Waals surface area contributed by atoms with E-state index in [9.17, 15) is 9.18 Å². The molecule has 0 fully saturated rings. The Hall–Kier alpha value is -1.13. The third-order valence-electron chi connectivity index (χ3n) is 1.87. The number of hydrogen-bond donors (Lipinski definition) is 2. The van der Waals surface area contributed by atoms with Crippen LogP contribution in [0.25, 0.3) is 0 Å². The molecule has 0 radical (unpaired) electrons. The summed E-state index contributed by atoms with van der Waals surface area (Å²) in [5.74, 6) is -0.700. The Morgan fingerprint density at radius 2 is 2.13 bits per heavy atom. The normalized spacial score (nSPS) is 11.5. The predicted octanol–water partition coefficient (Wildman–Crippen LogP) is 1.84. The molecule has 1 aromatic carbocycles.